The Hall–Kier alpha value is -0.280. The Morgan fingerprint density at radius 2 is 1.57 bits per heavy atom. The lowest BCUT2D eigenvalue weighted by atomic mass is 10.4. The second kappa shape index (κ2) is 13.4. The summed E-state index contributed by atoms with van der Waals surface area (Å²) < 4.78 is 32.0. The van der Waals surface area contributed by atoms with Crippen LogP contribution >= 0.6 is 0 Å². The molecule has 0 aromatic rings. The summed E-state index contributed by atoms with van der Waals surface area (Å²) in [5.74, 6) is 0. The second-order valence-corrected chi connectivity index (χ2v) is 4.69. The van der Waals surface area contributed by atoms with Crippen molar-refractivity contribution in [1.82, 2.24) is 4.90 Å². The van der Waals surface area contributed by atoms with Crippen LogP contribution in [-0.2, 0) is 28.4 Å². The van der Waals surface area contributed by atoms with Gasteiger partial charge in [-0.15, -0.1) is 0 Å². The molecule has 0 aromatic heterocycles. The molecule has 0 bridgehead atoms. The van der Waals surface area contributed by atoms with Gasteiger partial charge in [0.2, 0.25) is 0 Å². The third-order valence-corrected chi connectivity index (χ3v) is 3.09. The van der Waals surface area contributed by atoms with Crippen molar-refractivity contribution in [2.45, 2.75) is 6.29 Å². The summed E-state index contributed by atoms with van der Waals surface area (Å²) in [7, 11) is 3.29. The Kier molecular flexibility index (Phi) is 12.0. The van der Waals surface area contributed by atoms with Gasteiger partial charge in [-0.25, -0.2) is 0 Å². The minimum atomic E-state index is -0.363. The molecule has 0 saturated carbocycles. The van der Waals surface area contributed by atoms with Gasteiger partial charge >= 0.3 is 0 Å². The van der Waals surface area contributed by atoms with Crippen LogP contribution in [0.4, 0.5) is 0 Å². The summed E-state index contributed by atoms with van der Waals surface area (Å²) in [6.45, 7) is 7.56. The topological polar surface area (TPSA) is 58.6 Å². The number of rotatable bonds is 13. The molecule has 1 fully saturated rings. The van der Waals surface area contributed by atoms with Crippen molar-refractivity contribution in [3.05, 3.63) is 0 Å². The van der Waals surface area contributed by atoms with Crippen LogP contribution in [0.2, 0.25) is 0 Å². The maximum Gasteiger partial charge on any atom is 0.180 e. The van der Waals surface area contributed by atoms with Crippen LogP contribution in [-0.4, -0.2) is 97.9 Å². The molecule has 0 N–H and O–H groups in total. The minimum absolute atomic E-state index is 0.363. The maximum absolute atomic E-state index is 5.75. The number of morpholine rings is 1. The predicted molar refractivity (Wildman–Crippen MR) is 77.5 cm³/mol. The Morgan fingerprint density at radius 3 is 2.29 bits per heavy atom. The molecule has 1 aliphatic heterocycles. The third-order valence-electron chi connectivity index (χ3n) is 3.09. The molecule has 7 nitrogen and oxygen atoms in total. The van der Waals surface area contributed by atoms with Gasteiger partial charge in [0.15, 0.2) is 6.29 Å². The van der Waals surface area contributed by atoms with Gasteiger partial charge in [0, 0.05) is 33.9 Å². The van der Waals surface area contributed by atoms with Crippen molar-refractivity contribution in [3.8, 4) is 0 Å². The zero-order valence-electron chi connectivity index (χ0n) is 13.3. The molecule has 1 unspecified atom stereocenters. The summed E-state index contributed by atoms with van der Waals surface area (Å²) in [6.07, 6.45) is -0.363. The third kappa shape index (κ3) is 10.1. The highest BCUT2D eigenvalue weighted by Gasteiger charge is 2.13. The van der Waals surface area contributed by atoms with Gasteiger partial charge in [-0.2, -0.15) is 0 Å². The first-order valence-corrected chi connectivity index (χ1v) is 7.45. The lowest BCUT2D eigenvalue weighted by Crippen LogP contribution is -2.39. The number of hydrogen-bond acceptors (Lipinski definition) is 7. The Morgan fingerprint density at radius 1 is 0.905 bits per heavy atom. The van der Waals surface area contributed by atoms with E-state index in [2.05, 4.69) is 4.90 Å². The zero-order valence-corrected chi connectivity index (χ0v) is 13.3. The molecule has 21 heavy (non-hydrogen) atoms. The average molecular weight is 307 g/mol. The molecular formula is C14H29NO6. The molecule has 0 spiro atoms. The zero-order chi connectivity index (χ0) is 15.2. The van der Waals surface area contributed by atoms with Crippen LogP contribution in [0.25, 0.3) is 0 Å². The van der Waals surface area contributed by atoms with E-state index in [1.165, 1.54) is 0 Å². The Labute approximate surface area is 127 Å². The van der Waals surface area contributed by atoms with Crippen molar-refractivity contribution < 1.29 is 28.4 Å². The van der Waals surface area contributed by atoms with Gasteiger partial charge in [-0.3, -0.25) is 4.90 Å². The highest BCUT2D eigenvalue weighted by Crippen LogP contribution is 2.00. The van der Waals surface area contributed by atoms with E-state index in [1.54, 1.807) is 14.2 Å². The number of nitrogens with zero attached hydrogens (tertiary/aromatic N) is 1. The summed E-state index contributed by atoms with van der Waals surface area (Å²) in [5.41, 5.74) is 0. The van der Waals surface area contributed by atoms with Crippen LogP contribution in [0.15, 0.2) is 0 Å². The molecule has 126 valence electrons. The van der Waals surface area contributed by atoms with Gasteiger partial charge in [0.1, 0.15) is 0 Å². The molecule has 1 aliphatic rings. The first kappa shape index (κ1) is 18.8. The molecule has 0 aliphatic carbocycles. The Bertz CT molecular complexity index is 226. The largest absolute Gasteiger partial charge is 0.382 e. The van der Waals surface area contributed by atoms with Gasteiger partial charge in [0.05, 0.1) is 52.9 Å². The fourth-order valence-electron chi connectivity index (χ4n) is 1.87. The standard InChI is InChI=1S/C14H29NO6/c1-16-9-11-19-13-14(21-12-10-17-2)20-8-5-15-3-6-18-7-4-15/h14H,3-13H2,1-2H3. The van der Waals surface area contributed by atoms with E-state index in [1.807, 2.05) is 0 Å². The van der Waals surface area contributed by atoms with E-state index in [-0.39, 0.29) is 6.29 Å². The van der Waals surface area contributed by atoms with Gasteiger partial charge in [-0.1, -0.05) is 0 Å². The van der Waals surface area contributed by atoms with Crippen molar-refractivity contribution in [2.75, 3.05) is 86.7 Å². The summed E-state index contributed by atoms with van der Waals surface area (Å²) in [5, 5.41) is 0. The Balaban J connectivity index is 2.12. The van der Waals surface area contributed by atoms with E-state index in [0.29, 0.717) is 39.6 Å². The fraction of sp³-hybridized carbons (Fsp3) is 1.00. The van der Waals surface area contributed by atoms with E-state index >= 15 is 0 Å². The lowest BCUT2D eigenvalue weighted by molar-refractivity contribution is -0.181. The van der Waals surface area contributed by atoms with E-state index in [0.717, 1.165) is 32.8 Å². The molecule has 0 aromatic carbocycles. The molecule has 7 heteroatoms. The number of methoxy groups -OCH3 is 2. The van der Waals surface area contributed by atoms with Crippen molar-refractivity contribution >= 4 is 0 Å². The molecule has 1 heterocycles. The van der Waals surface area contributed by atoms with Crippen LogP contribution < -0.4 is 0 Å². The smallest absolute Gasteiger partial charge is 0.180 e. The normalized spacial score (nSPS) is 18.0. The van der Waals surface area contributed by atoms with Crippen molar-refractivity contribution in [3.63, 3.8) is 0 Å². The molecule has 0 radical (unpaired) electrons. The molecular weight excluding hydrogens is 278 g/mol. The second-order valence-electron chi connectivity index (χ2n) is 4.69. The summed E-state index contributed by atoms with van der Waals surface area (Å²) in [6, 6.07) is 0. The average Bonchev–Trinajstić information content (AvgIpc) is 2.52. The van der Waals surface area contributed by atoms with Crippen LogP contribution in [0.5, 0.6) is 0 Å². The highest BCUT2D eigenvalue weighted by molar-refractivity contribution is 4.61. The van der Waals surface area contributed by atoms with Crippen LogP contribution in [0, 0.1) is 0 Å². The predicted octanol–water partition coefficient (Wildman–Crippen LogP) is -0.0127. The summed E-state index contributed by atoms with van der Waals surface area (Å²) in [4.78, 5) is 2.32. The highest BCUT2D eigenvalue weighted by atomic mass is 16.7. The molecule has 1 rings (SSSR count). The quantitative estimate of drug-likeness (QED) is 0.350. The number of hydrogen-bond donors (Lipinski definition) is 0. The van der Waals surface area contributed by atoms with Gasteiger partial charge < -0.3 is 28.4 Å². The SMILES string of the molecule is COCCOCC(OCCOC)OCCN1CCOCC1. The first-order chi connectivity index (χ1) is 10.4. The van der Waals surface area contributed by atoms with Crippen molar-refractivity contribution in [1.29, 1.82) is 0 Å². The lowest BCUT2D eigenvalue weighted by Gasteiger charge is -2.27. The van der Waals surface area contributed by atoms with Crippen LogP contribution in [0.1, 0.15) is 0 Å². The minimum Gasteiger partial charge on any atom is -0.382 e. The molecule has 0 amide bonds. The summed E-state index contributed by atoms with van der Waals surface area (Å²) >= 11 is 0. The van der Waals surface area contributed by atoms with Crippen molar-refractivity contribution in [2.24, 2.45) is 0 Å². The van der Waals surface area contributed by atoms with E-state index in [9.17, 15) is 0 Å². The van der Waals surface area contributed by atoms with E-state index in [4.69, 9.17) is 28.4 Å². The van der Waals surface area contributed by atoms with E-state index < -0.39 is 0 Å². The fourth-order valence-corrected chi connectivity index (χ4v) is 1.87. The molecule has 1 saturated heterocycles. The van der Waals surface area contributed by atoms with Gasteiger partial charge in [0.25, 0.3) is 0 Å². The van der Waals surface area contributed by atoms with Crippen LogP contribution in [0.3, 0.4) is 0 Å². The maximum atomic E-state index is 5.75. The molecule has 1 atom stereocenters. The van der Waals surface area contributed by atoms with Gasteiger partial charge in [-0.05, 0) is 0 Å². The monoisotopic (exact) mass is 307 g/mol. The first-order valence-electron chi connectivity index (χ1n) is 7.45. The number of ether oxygens (including phenoxy) is 6.